The molecule has 1 aliphatic heterocycles. The van der Waals surface area contributed by atoms with E-state index >= 15 is 0 Å². The Morgan fingerprint density at radius 2 is 1.97 bits per heavy atom. The topological polar surface area (TPSA) is 101 Å². The second-order valence-corrected chi connectivity index (χ2v) is 11.9. The lowest BCUT2D eigenvalue weighted by Gasteiger charge is -2.28. The molecule has 1 fully saturated rings. The summed E-state index contributed by atoms with van der Waals surface area (Å²) in [5, 5.41) is 0. The lowest BCUT2D eigenvalue weighted by molar-refractivity contribution is 0.0694. The maximum Gasteiger partial charge on any atom is 0.261 e. The number of hydrogen-bond acceptors (Lipinski definition) is 5. The van der Waals surface area contributed by atoms with Gasteiger partial charge in [0.25, 0.3) is 15.9 Å². The summed E-state index contributed by atoms with van der Waals surface area (Å²) in [5.74, 6) is -0.980. The molecule has 1 saturated heterocycles. The third kappa shape index (κ3) is 5.66. The van der Waals surface area contributed by atoms with Gasteiger partial charge in [-0.15, -0.1) is 0 Å². The molecule has 1 amide bonds. The largest absolute Gasteiger partial charge is 0.335 e. The minimum Gasteiger partial charge on any atom is -0.335 e. The predicted octanol–water partition coefficient (Wildman–Crippen LogP) is 3.36. The number of amides is 1. The summed E-state index contributed by atoms with van der Waals surface area (Å²) in [6.45, 7) is 3.94. The Hall–Kier alpha value is -2.46. The fraction of sp³-hybridized carbons (Fsp3) is 0.409. The third-order valence-corrected chi connectivity index (χ3v) is 8.61. The number of nitrogens with one attached hydrogen (secondary N) is 1. The van der Waals surface area contributed by atoms with Gasteiger partial charge in [0.15, 0.2) is 9.84 Å². The monoisotopic (exact) mass is 482 g/mol. The zero-order valence-corrected chi connectivity index (χ0v) is 19.7. The Bertz CT molecular complexity index is 1210. The number of unbranched alkanes of at least 4 members (excludes halogenated alkanes) is 1. The molecule has 7 nitrogen and oxygen atoms in total. The van der Waals surface area contributed by atoms with Crippen molar-refractivity contribution in [2.24, 2.45) is 0 Å². The van der Waals surface area contributed by atoms with Gasteiger partial charge in [-0.2, -0.15) is 0 Å². The summed E-state index contributed by atoms with van der Waals surface area (Å²) in [5.41, 5.74) is 0.740. The van der Waals surface area contributed by atoms with Crippen molar-refractivity contribution in [3.05, 3.63) is 59.4 Å². The summed E-state index contributed by atoms with van der Waals surface area (Å²) in [4.78, 5) is 14.6. The third-order valence-electron chi connectivity index (χ3n) is 5.48. The van der Waals surface area contributed by atoms with Crippen molar-refractivity contribution in [3.8, 4) is 0 Å². The number of halogens is 1. The van der Waals surface area contributed by atoms with Gasteiger partial charge in [0, 0.05) is 23.8 Å². The first-order chi connectivity index (χ1) is 15.0. The molecular weight excluding hydrogens is 455 g/mol. The molecular formula is C22H27FN2O5S2. The normalized spacial score (nSPS) is 17.8. The molecule has 0 bridgehead atoms. The van der Waals surface area contributed by atoms with Crippen LogP contribution in [0, 0.1) is 12.7 Å². The second-order valence-electron chi connectivity index (χ2n) is 8.01. The van der Waals surface area contributed by atoms with Crippen LogP contribution in [0.4, 0.5) is 10.1 Å². The lowest BCUT2D eigenvalue weighted by atomic mass is 10.1. The molecule has 1 heterocycles. The molecule has 1 atom stereocenters. The number of carbonyl (C=O) groups is 1. The molecule has 3 rings (SSSR count). The summed E-state index contributed by atoms with van der Waals surface area (Å²) < 4.78 is 65.4. The van der Waals surface area contributed by atoms with Gasteiger partial charge >= 0.3 is 0 Å². The van der Waals surface area contributed by atoms with E-state index < -0.39 is 31.7 Å². The fourth-order valence-electron chi connectivity index (χ4n) is 3.64. The van der Waals surface area contributed by atoms with Gasteiger partial charge in [-0.25, -0.2) is 21.2 Å². The molecule has 10 heteroatoms. The number of anilines is 1. The number of carbonyl (C=O) groups excluding carboxylic acids is 1. The van der Waals surface area contributed by atoms with Crippen molar-refractivity contribution in [2.45, 2.75) is 44.0 Å². The number of sulfone groups is 1. The molecule has 174 valence electrons. The van der Waals surface area contributed by atoms with Gasteiger partial charge in [0.05, 0.1) is 16.4 Å². The van der Waals surface area contributed by atoms with E-state index in [1.807, 2.05) is 6.92 Å². The van der Waals surface area contributed by atoms with Gasteiger partial charge in [0.2, 0.25) is 0 Å². The Labute approximate surface area is 188 Å². The highest BCUT2D eigenvalue weighted by Gasteiger charge is 2.34. The number of benzene rings is 2. The highest BCUT2D eigenvalue weighted by molar-refractivity contribution is 7.92. The molecule has 2 aromatic rings. The van der Waals surface area contributed by atoms with Crippen molar-refractivity contribution in [1.29, 1.82) is 0 Å². The minimum absolute atomic E-state index is 0.0561. The van der Waals surface area contributed by atoms with Gasteiger partial charge in [0.1, 0.15) is 5.82 Å². The van der Waals surface area contributed by atoms with Crippen LogP contribution in [0.25, 0.3) is 0 Å². The molecule has 0 radical (unpaired) electrons. The highest BCUT2D eigenvalue weighted by Crippen LogP contribution is 2.23. The van der Waals surface area contributed by atoms with Crippen LogP contribution in [0.5, 0.6) is 0 Å². The highest BCUT2D eigenvalue weighted by atomic mass is 32.2. The summed E-state index contributed by atoms with van der Waals surface area (Å²) >= 11 is 0. The van der Waals surface area contributed by atoms with Crippen molar-refractivity contribution in [2.75, 3.05) is 22.8 Å². The number of hydrogen-bond donors (Lipinski definition) is 1. The van der Waals surface area contributed by atoms with E-state index in [4.69, 9.17) is 0 Å². The van der Waals surface area contributed by atoms with Crippen LogP contribution >= 0.6 is 0 Å². The predicted molar refractivity (Wildman–Crippen MR) is 121 cm³/mol. The maximum atomic E-state index is 13.8. The standard InChI is InChI=1S/C22H27FN2O5S2/c1-3-4-11-25(19-10-12-31(27,28)15-19)22(26)17-6-5-7-18(13-17)24-32(29,30)20-9-8-16(2)21(23)14-20/h5-9,13-14,19,24H,3-4,10-12,15H2,1-2H3. The van der Waals surface area contributed by atoms with Crippen LogP contribution in [-0.2, 0) is 19.9 Å². The minimum atomic E-state index is -4.05. The van der Waals surface area contributed by atoms with Gasteiger partial charge in [-0.3, -0.25) is 9.52 Å². The number of sulfonamides is 1. The van der Waals surface area contributed by atoms with Crippen molar-refractivity contribution in [3.63, 3.8) is 0 Å². The maximum absolute atomic E-state index is 13.8. The average molecular weight is 483 g/mol. The van der Waals surface area contributed by atoms with Crippen LogP contribution < -0.4 is 4.72 Å². The first kappa shape index (κ1) is 24.2. The van der Waals surface area contributed by atoms with Gasteiger partial charge in [-0.1, -0.05) is 25.5 Å². The molecule has 0 saturated carbocycles. The molecule has 0 aliphatic carbocycles. The molecule has 1 N–H and O–H groups in total. The zero-order chi connectivity index (χ0) is 23.5. The van der Waals surface area contributed by atoms with E-state index in [0.29, 0.717) is 18.5 Å². The van der Waals surface area contributed by atoms with Crippen molar-refractivity contribution >= 4 is 31.5 Å². The average Bonchev–Trinajstić information content (AvgIpc) is 3.09. The summed E-state index contributed by atoms with van der Waals surface area (Å²) in [7, 11) is -7.22. The van der Waals surface area contributed by atoms with Crippen LogP contribution in [0.2, 0.25) is 0 Å². The van der Waals surface area contributed by atoms with E-state index in [0.717, 1.165) is 18.9 Å². The molecule has 0 spiro atoms. The van der Waals surface area contributed by atoms with E-state index in [9.17, 15) is 26.0 Å². The van der Waals surface area contributed by atoms with Crippen LogP contribution in [0.1, 0.15) is 42.1 Å². The fourth-order valence-corrected chi connectivity index (χ4v) is 6.43. The molecule has 0 aromatic heterocycles. The molecule has 1 aliphatic rings. The quantitative estimate of drug-likeness (QED) is 0.622. The SMILES string of the molecule is CCCCN(C(=O)c1cccc(NS(=O)(=O)c2ccc(C)c(F)c2)c1)C1CCS(=O)(=O)C1. The van der Waals surface area contributed by atoms with Gasteiger partial charge < -0.3 is 4.90 Å². The molecule has 1 unspecified atom stereocenters. The lowest BCUT2D eigenvalue weighted by Crippen LogP contribution is -2.41. The number of rotatable bonds is 8. The first-order valence-corrected chi connectivity index (χ1v) is 13.7. The summed E-state index contributed by atoms with van der Waals surface area (Å²) in [6.07, 6.45) is 1.97. The molecule has 32 heavy (non-hydrogen) atoms. The van der Waals surface area contributed by atoms with Crippen LogP contribution in [0.3, 0.4) is 0 Å². The zero-order valence-electron chi connectivity index (χ0n) is 18.0. The molecule has 2 aromatic carbocycles. The second kappa shape index (κ2) is 9.58. The van der Waals surface area contributed by atoms with E-state index in [1.54, 1.807) is 17.0 Å². The van der Waals surface area contributed by atoms with E-state index in [2.05, 4.69) is 4.72 Å². The number of nitrogens with zero attached hydrogens (tertiary/aromatic N) is 1. The Morgan fingerprint density at radius 1 is 1.22 bits per heavy atom. The Kier molecular flexibility index (Phi) is 7.24. The Balaban J connectivity index is 1.84. The van der Waals surface area contributed by atoms with Crippen LogP contribution in [-0.4, -0.2) is 51.7 Å². The number of aryl methyl sites for hydroxylation is 1. The first-order valence-electron chi connectivity index (χ1n) is 10.4. The smallest absolute Gasteiger partial charge is 0.261 e. The van der Waals surface area contributed by atoms with Crippen LogP contribution in [0.15, 0.2) is 47.4 Å². The van der Waals surface area contributed by atoms with E-state index in [1.165, 1.54) is 31.2 Å². The van der Waals surface area contributed by atoms with Gasteiger partial charge in [-0.05, 0) is 55.7 Å². The van der Waals surface area contributed by atoms with Crippen molar-refractivity contribution in [1.82, 2.24) is 4.90 Å². The van der Waals surface area contributed by atoms with E-state index in [-0.39, 0.29) is 33.6 Å². The Morgan fingerprint density at radius 3 is 2.59 bits per heavy atom. The summed E-state index contributed by atoms with van der Waals surface area (Å²) in [6, 6.07) is 9.25. The van der Waals surface area contributed by atoms with Crippen molar-refractivity contribution < 1.29 is 26.0 Å².